The third-order valence-electron chi connectivity index (χ3n) is 8.65. The summed E-state index contributed by atoms with van der Waals surface area (Å²) in [4.78, 5) is 37.1. The predicted octanol–water partition coefficient (Wildman–Crippen LogP) is 11.2. The van der Waals surface area contributed by atoms with Gasteiger partial charge < -0.3 is 14.2 Å². The predicted molar refractivity (Wildman–Crippen MR) is 183 cm³/mol. The number of rotatable bonds is 33. The Hall–Kier alpha value is -1.59. The Morgan fingerprint density at radius 3 is 1.18 bits per heavy atom. The number of carbonyl (C=O) groups excluding carboxylic acids is 3. The Morgan fingerprint density at radius 1 is 0.455 bits per heavy atom. The summed E-state index contributed by atoms with van der Waals surface area (Å²) in [6.07, 6.45) is 28.3. The van der Waals surface area contributed by atoms with E-state index in [1.165, 1.54) is 89.9 Å². The van der Waals surface area contributed by atoms with Crippen molar-refractivity contribution in [1.29, 1.82) is 0 Å². The molecular formula is C38H72O6. The maximum Gasteiger partial charge on any atom is 0.306 e. The molecular weight excluding hydrogens is 552 g/mol. The molecule has 0 aliphatic heterocycles. The molecule has 0 saturated carbocycles. The Morgan fingerprint density at radius 2 is 0.795 bits per heavy atom. The topological polar surface area (TPSA) is 78.9 Å². The van der Waals surface area contributed by atoms with Gasteiger partial charge in [-0.25, -0.2) is 0 Å². The molecule has 0 bridgehead atoms. The molecule has 0 amide bonds. The summed E-state index contributed by atoms with van der Waals surface area (Å²) in [5.74, 6) is -0.0689. The molecule has 6 nitrogen and oxygen atoms in total. The van der Waals surface area contributed by atoms with Crippen LogP contribution in [0.5, 0.6) is 0 Å². The molecule has 1 unspecified atom stereocenters. The van der Waals surface area contributed by atoms with Crippen molar-refractivity contribution in [3.63, 3.8) is 0 Å². The van der Waals surface area contributed by atoms with E-state index in [0.717, 1.165) is 70.1 Å². The van der Waals surface area contributed by atoms with Crippen LogP contribution in [0.25, 0.3) is 0 Å². The van der Waals surface area contributed by atoms with Gasteiger partial charge in [0.15, 0.2) is 6.10 Å². The van der Waals surface area contributed by atoms with Gasteiger partial charge in [0.2, 0.25) is 0 Å². The van der Waals surface area contributed by atoms with E-state index in [1.54, 1.807) is 0 Å². The summed E-state index contributed by atoms with van der Waals surface area (Å²) in [5, 5.41) is 0. The third-order valence-corrected chi connectivity index (χ3v) is 8.65. The van der Waals surface area contributed by atoms with Gasteiger partial charge in [0.1, 0.15) is 13.2 Å². The van der Waals surface area contributed by atoms with Gasteiger partial charge in [-0.05, 0) is 25.2 Å². The Kier molecular flexibility index (Phi) is 31.6. The van der Waals surface area contributed by atoms with E-state index < -0.39 is 6.10 Å². The minimum absolute atomic E-state index is 0.0671. The zero-order valence-corrected chi connectivity index (χ0v) is 29.6. The summed E-state index contributed by atoms with van der Waals surface area (Å²) in [6, 6.07) is 0. The molecule has 0 heterocycles. The Labute approximate surface area is 272 Å². The van der Waals surface area contributed by atoms with Crippen LogP contribution in [0.15, 0.2) is 0 Å². The van der Waals surface area contributed by atoms with E-state index in [1.807, 2.05) is 0 Å². The minimum Gasteiger partial charge on any atom is -0.462 e. The first-order valence-electron chi connectivity index (χ1n) is 18.9. The van der Waals surface area contributed by atoms with E-state index in [9.17, 15) is 14.4 Å². The fraction of sp³-hybridized carbons (Fsp3) is 0.921. The first-order valence-corrected chi connectivity index (χ1v) is 18.9. The second kappa shape index (κ2) is 32.8. The number of ether oxygens (including phenoxy) is 3. The molecule has 0 rings (SSSR count). The van der Waals surface area contributed by atoms with E-state index in [2.05, 4.69) is 27.7 Å². The SMILES string of the molecule is CCCCCCCCCCCCCC(=O)OC[C@@H](COC(=O)CCCCCCCCC(C)CC)OC(=O)CCCCCCC. The highest BCUT2D eigenvalue weighted by Gasteiger charge is 2.19. The van der Waals surface area contributed by atoms with Crippen molar-refractivity contribution in [2.24, 2.45) is 5.92 Å². The molecule has 0 aliphatic rings. The van der Waals surface area contributed by atoms with Gasteiger partial charge in [-0.1, -0.05) is 163 Å². The van der Waals surface area contributed by atoms with Crippen molar-refractivity contribution in [2.75, 3.05) is 13.2 Å². The smallest absolute Gasteiger partial charge is 0.306 e. The average molecular weight is 625 g/mol. The van der Waals surface area contributed by atoms with Crippen LogP contribution < -0.4 is 0 Å². The van der Waals surface area contributed by atoms with Gasteiger partial charge in [-0.2, -0.15) is 0 Å². The highest BCUT2D eigenvalue weighted by molar-refractivity contribution is 5.71. The summed E-state index contributed by atoms with van der Waals surface area (Å²) < 4.78 is 16.5. The van der Waals surface area contributed by atoms with Gasteiger partial charge in [0, 0.05) is 19.3 Å². The van der Waals surface area contributed by atoms with E-state index in [0.29, 0.717) is 19.3 Å². The minimum atomic E-state index is -0.756. The van der Waals surface area contributed by atoms with E-state index in [-0.39, 0.29) is 31.1 Å². The second-order valence-corrected chi connectivity index (χ2v) is 13.1. The van der Waals surface area contributed by atoms with Crippen LogP contribution in [0, 0.1) is 5.92 Å². The van der Waals surface area contributed by atoms with Crippen LogP contribution in [0.3, 0.4) is 0 Å². The Balaban J connectivity index is 4.26. The first kappa shape index (κ1) is 42.4. The molecule has 44 heavy (non-hydrogen) atoms. The first-order chi connectivity index (χ1) is 21.4. The number of esters is 3. The number of hydrogen-bond donors (Lipinski definition) is 0. The molecule has 6 heteroatoms. The highest BCUT2D eigenvalue weighted by Crippen LogP contribution is 2.15. The molecule has 0 radical (unpaired) electrons. The zero-order chi connectivity index (χ0) is 32.5. The van der Waals surface area contributed by atoms with Crippen molar-refractivity contribution in [3.8, 4) is 0 Å². The third kappa shape index (κ3) is 30.4. The van der Waals surface area contributed by atoms with Crippen molar-refractivity contribution in [2.45, 2.75) is 207 Å². The van der Waals surface area contributed by atoms with E-state index in [4.69, 9.17) is 14.2 Å². The van der Waals surface area contributed by atoms with Crippen molar-refractivity contribution in [3.05, 3.63) is 0 Å². The lowest BCUT2D eigenvalue weighted by Gasteiger charge is -2.18. The maximum absolute atomic E-state index is 12.4. The fourth-order valence-electron chi connectivity index (χ4n) is 5.36. The lowest BCUT2D eigenvalue weighted by Crippen LogP contribution is -2.30. The Bertz CT molecular complexity index is 664. The van der Waals surface area contributed by atoms with Crippen LogP contribution in [-0.4, -0.2) is 37.2 Å². The maximum atomic E-state index is 12.4. The summed E-state index contributed by atoms with van der Waals surface area (Å²) in [6.45, 7) is 8.84. The quantitative estimate of drug-likeness (QED) is 0.0410. The van der Waals surface area contributed by atoms with Gasteiger partial charge in [0.05, 0.1) is 0 Å². The van der Waals surface area contributed by atoms with Crippen molar-refractivity contribution >= 4 is 17.9 Å². The molecule has 0 spiro atoms. The highest BCUT2D eigenvalue weighted by atomic mass is 16.6. The fourth-order valence-corrected chi connectivity index (χ4v) is 5.36. The molecule has 0 N–H and O–H groups in total. The van der Waals surface area contributed by atoms with Crippen LogP contribution in [-0.2, 0) is 28.6 Å². The lowest BCUT2D eigenvalue weighted by atomic mass is 10.00. The standard InChI is InChI=1S/C38H72O6/c1-5-8-10-12-13-14-15-16-17-22-25-29-36(39)42-32-35(44-38(41)31-27-20-11-9-6-2)33-43-37(40)30-26-23-19-18-21-24-28-34(4)7-3/h34-35H,5-33H2,1-4H3/t34?,35-/m0/s1. The monoisotopic (exact) mass is 625 g/mol. The molecule has 0 aromatic carbocycles. The lowest BCUT2D eigenvalue weighted by molar-refractivity contribution is -0.167. The van der Waals surface area contributed by atoms with Crippen molar-refractivity contribution in [1.82, 2.24) is 0 Å². The zero-order valence-electron chi connectivity index (χ0n) is 29.6. The summed E-state index contributed by atoms with van der Waals surface area (Å²) in [5.41, 5.74) is 0. The largest absolute Gasteiger partial charge is 0.462 e. The van der Waals surface area contributed by atoms with Gasteiger partial charge in [0.25, 0.3) is 0 Å². The molecule has 0 aliphatic carbocycles. The van der Waals surface area contributed by atoms with Crippen LogP contribution in [0.2, 0.25) is 0 Å². The molecule has 2 atom stereocenters. The van der Waals surface area contributed by atoms with E-state index >= 15 is 0 Å². The molecule has 260 valence electrons. The molecule has 0 aromatic heterocycles. The van der Waals surface area contributed by atoms with Gasteiger partial charge in [-0.15, -0.1) is 0 Å². The molecule has 0 saturated heterocycles. The van der Waals surface area contributed by atoms with Crippen molar-refractivity contribution < 1.29 is 28.6 Å². The van der Waals surface area contributed by atoms with Gasteiger partial charge >= 0.3 is 17.9 Å². The van der Waals surface area contributed by atoms with Crippen LogP contribution in [0.4, 0.5) is 0 Å². The van der Waals surface area contributed by atoms with Crippen LogP contribution >= 0.6 is 0 Å². The number of carbonyl (C=O) groups is 3. The molecule has 0 aromatic rings. The summed E-state index contributed by atoms with van der Waals surface area (Å²) >= 11 is 0. The van der Waals surface area contributed by atoms with Gasteiger partial charge in [-0.3, -0.25) is 14.4 Å². The van der Waals surface area contributed by atoms with Crippen LogP contribution in [0.1, 0.15) is 201 Å². The number of hydrogen-bond acceptors (Lipinski definition) is 6. The summed E-state index contributed by atoms with van der Waals surface area (Å²) in [7, 11) is 0. The second-order valence-electron chi connectivity index (χ2n) is 13.1. The molecule has 0 fully saturated rings. The number of unbranched alkanes of at least 4 members (excludes halogenated alkanes) is 19. The normalized spacial score (nSPS) is 12.5. The average Bonchev–Trinajstić information content (AvgIpc) is 3.02.